The molecule has 11 heteroatoms. The average Bonchev–Trinajstić information content (AvgIpc) is 3.17. The SMILES string of the molecule is CCCCC/C=C\C/C=C\CCCCCCCCCC(=O)OC[C@H](COP(=O)(O)OCC[N+](C)(C)C)OC(=O)CCC/C=C\C/C=C\C/C=C\C/C=C\CCC[C@H](C)O. The third-order valence-electron chi connectivity index (χ3n) is 9.23. The van der Waals surface area contributed by atoms with Crippen molar-refractivity contribution in [1.82, 2.24) is 0 Å². The van der Waals surface area contributed by atoms with Crippen LogP contribution in [-0.4, -0.2) is 86.1 Å². The van der Waals surface area contributed by atoms with E-state index in [1.165, 1.54) is 44.9 Å². The Morgan fingerprint density at radius 1 is 0.593 bits per heavy atom. The summed E-state index contributed by atoms with van der Waals surface area (Å²) < 4.78 is 34.2. The predicted octanol–water partition coefficient (Wildman–Crippen LogP) is 12.0. The molecule has 0 radical (unpaired) electrons. The molecule has 59 heavy (non-hydrogen) atoms. The second kappa shape index (κ2) is 39.5. The lowest BCUT2D eigenvalue weighted by molar-refractivity contribution is -0.870. The minimum atomic E-state index is -4.40. The van der Waals surface area contributed by atoms with E-state index in [0.717, 1.165) is 70.6 Å². The van der Waals surface area contributed by atoms with Gasteiger partial charge in [0.1, 0.15) is 19.8 Å². The number of carbonyl (C=O) groups excluding carboxylic acids is 2. The smallest absolute Gasteiger partial charge is 0.462 e. The molecule has 0 aliphatic carbocycles. The van der Waals surface area contributed by atoms with Gasteiger partial charge in [0.2, 0.25) is 0 Å². The van der Waals surface area contributed by atoms with E-state index in [1.54, 1.807) is 0 Å². The van der Waals surface area contributed by atoms with Gasteiger partial charge in [-0.15, -0.1) is 0 Å². The molecule has 3 atom stereocenters. The standard InChI is InChI=1S/C48H84NO9P/c1-6-7-8-9-10-11-12-13-14-15-18-21-24-27-30-33-36-39-47(51)55-43-46(44-57-59(53,54)56-42-41-49(3,4)5)58-48(52)40-37-34-31-28-25-22-19-16-17-20-23-26-29-32-35-38-45(2)50/h10-11,13-14,17,19-20,22,26,28-29,31,45-46,50H,6-9,12,15-16,18,21,23-25,27,30,32-44H2,1-5H3/p+1/b11-10-,14-13-,20-17-,22-19-,29-26-,31-28-/t45-,46+/m0/s1. The monoisotopic (exact) mass is 851 g/mol. The lowest BCUT2D eigenvalue weighted by atomic mass is 10.1. The Morgan fingerprint density at radius 3 is 1.58 bits per heavy atom. The summed E-state index contributed by atoms with van der Waals surface area (Å²) in [5.41, 5.74) is 0. The number of aliphatic hydroxyl groups excluding tert-OH is 1. The zero-order valence-corrected chi connectivity index (χ0v) is 38.7. The Morgan fingerprint density at radius 2 is 1.05 bits per heavy atom. The summed E-state index contributed by atoms with van der Waals surface area (Å²) in [4.78, 5) is 35.4. The summed E-state index contributed by atoms with van der Waals surface area (Å²) in [7, 11) is 1.41. The van der Waals surface area contributed by atoms with E-state index >= 15 is 0 Å². The van der Waals surface area contributed by atoms with Crippen LogP contribution in [0, 0.1) is 0 Å². The second-order valence-corrected chi connectivity index (χ2v) is 17.8. The van der Waals surface area contributed by atoms with Crippen LogP contribution in [0.15, 0.2) is 72.9 Å². The van der Waals surface area contributed by atoms with Gasteiger partial charge < -0.3 is 24.0 Å². The topological polar surface area (TPSA) is 129 Å². The first-order chi connectivity index (χ1) is 28.3. The minimum absolute atomic E-state index is 0.0108. The van der Waals surface area contributed by atoms with Crippen LogP contribution in [-0.2, 0) is 32.7 Å². The van der Waals surface area contributed by atoms with Crippen LogP contribution in [0.3, 0.4) is 0 Å². The van der Waals surface area contributed by atoms with Gasteiger partial charge in [0.15, 0.2) is 6.10 Å². The van der Waals surface area contributed by atoms with Crippen molar-refractivity contribution in [3.8, 4) is 0 Å². The number of hydrogen-bond acceptors (Lipinski definition) is 8. The lowest BCUT2D eigenvalue weighted by Crippen LogP contribution is -2.37. The van der Waals surface area contributed by atoms with E-state index in [9.17, 15) is 24.2 Å². The highest BCUT2D eigenvalue weighted by Crippen LogP contribution is 2.43. The number of phosphoric ester groups is 1. The van der Waals surface area contributed by atoms with E-state index in [1.807, 2.05) is 34.1 Å². The number of hydrogen-bond donors (Lipinski definition) is 2. The third-order valence-corrected chi connectivity index (χ3v) is 10.2. The first-order valence-electron chi connectivity index (χ1n) is 22.7. The van der Waals surface area contributed by atoms with Crippen LogP contribution in [0.4, 0.5) is 0 Å². The van der Waals surface area contributed by atoms with Gasteiger partial charge >= 0.3 is 19.8 Å². The number of phosphoric acid groups is 1. The normalized spacial score (nSPS) is 14.8. The number of esters is 2. The molecule has 0 aromatic heterocycles. The van der Waals surface area contributed by atoms with Gasteiger partial charge in [-0.05, 0) is 96.8 Å². The Balaban J connectivity index is 4.46. The van der Waals surface area contributed by atoms with Crippen LogP contribution >= 0.6 is 7.82 Å². The fraction of sp³-hybridized carbons (Fsp3) is 0.708. The van der Waals surface area contributed by atoms with Crippen LogP contribution in [0.5, 0.6) is 0 Å². The number of nitrogens with zero attached hydrogens (tertiary/aromatic N) is 1. The highest BCUT2D eigenvalue weighted by atomic mass is 31.2. The zero-order valence-electron chi connectivity index (χ0n) is 37.8. The molecule has 2 N–H and O–H groups in total. The zero-order chi connectivity index (χ0) is 43.7. The number of unbranched alkanes of at least 4 members (excludes halogenated alkanes) is 12. The van der Waals surface area contributed by atoms with Crippen molar-refractivity contribution in [3.63, 3.8) is 0 Å². The molecule has 0 rings (SSSR count). The van der Waals surface area contributed by atoms with Crippen molar-refractivity contribution in [2.45, 2.75) is 174 Å². The molecule has 1 unspecified atom stereocenters. The van der Waals surface area contributed by atoms with Gasteiger partial charge in [-0.3, -0.25) is 18.6 Å². The molecule has 0 heterocycles. The van der Waals surface area contributed by atoms with Crippen molar-refractivity contribution in [1.29, 1.82) is 0 Å². The molecular formula is C48H85NO9P+. The maximum Gasteiger partial charge on any atom is 0.472 e. The molecular weight excluding hydrogens is 765 g/mol. The van der Waals surface area contributed by atoms with Gasteiger partial charge in [0, 0.05) is 12.8 Å². The highest BCUT2D eigenvalue weighted by Gasteiger charge is 2.27. The van der Waals surface area contributed by atoms with Crippen molar-refractivity contribution in [3.05, 3.63) is 72.9 Å². The highest BCUT2D eigenvalue weighted by molar-refractivity contribution is 7.47. The Kier molecular flexibility index (Phi) is 37.8. The summed E-state index contributed by atoms with van der Waals surface area (Å²) in [5.74, 6) is -0.896. The number of aliphatic hydroxyl groups is 1. The van der Waals surface area contributed by atoms with Crippen LogP contribution in [0.1, 0.15) is 162 Å². The Bertz CT molecular complexity index is 1250. The first kappa shape index (κ1) is 56.4. The maximum absolute atomic E-state index is 12.7. The van der Waals surface area contributed by atoms with Gasteiger partial charge in [-0.2, -0.15) is 0 Å². The van der Waals surface area contributed by atoms with Gasteiger partial charge in [0.25, 0.3) is 0 Å². The molecule has 0 aliphatic rings. The minimum Gasteiger partial charge on any atom is -0.462 e. The van der Waals surface area contributed by atoms with Gasteiger partial charge in [-0.1, -0.05) is 125 Å². The lowest BCUT2D eigenvalue weighted by Gasteiger charge is -2.24. The van der Waals surface area contributed by atoms with Crippen molar-refractivity contribution >= 4 is 19.8 Å². The summed E-state index contributed by atoms with van der Waals surface area (Å²) in [6.45, 7) is 3.85. The van der Waals surface area contributed by atoms with Crippen molar-refractivity contribution in [2.75, 3.05) is 47.5 Å². The molecule has 0 aromatic carbocycles. The molecule has 0 saturated heterocycles. The maximum atomic E-state index is 12.7. The Labute approximate surface area is 360 Å². The van der Waals surface area contributed by atoms with Crippen molar-refractivity contribution < 1.29 is 47.2 Å². The number of allylic oxidation sites excluding steroid dienone is 12. The number of carbonyl (C=O) groups is 2. The third kappa shape index (κ3) is 44.8. The van der Waals surface area contributed by atoms with Gasteiger partial charge in [-0.25, -0.2) is 4.57 Å². The van der Waals surface area contributed by atoms with E-state index in [0.29, 0.717) is 30.3 Å². The van der Waals surface area contributed by atoms with Crippen LogP contribution < -0.4 is 0 Å². The van der Waals surface area contributed by atoms with E-state index < -0.39 is 32.5 Å². The van der Waals surface area contributed by atoms with E-state index in [2.05, 4.69) is 73.8 Å². The molecule has 0 saturated carbocycles. The second-order valence-electron chi connectivity index (χ2n) is 16.4. The fourth-order valence-electron chi connectivity index (χ4n) is 5.64. The number of quaternary nitrogens is 1. The van der Waals surface area contributed by atoms with E-state index in [4.69, 9.17) is 18.5 Å². The van der Waals surface area contributed by atoms with Crippen LogP contribution in [0.2, 0.25) is 0 Å². The molecule has 0 aromatic rings. The molecule has 340 valence electrons. The molecule has 0 spiro atoms. The van der Waals surface area contributed by atoms with Crippen molar-refractivity contribution in [2.24, 2.45) is 0 Å². The molecule has 0 bridgehead atoms. The van der Waals surface area contributed by atoms with Gasteiger partial charge in [0.05, 0.1) is 33.9 Å². The summed E-state index contributed by atoms with van der Waals surface area (Å²) in [5, 5.41) is 9.28. The number of likely N-dealkylation sites (N-methyl/N-ethyl adjacent to an activating group) is 1. The molecule has 0 fully saturated rings. The summed E-state index contributed by atoms with van der Waals surface area (Å²) in [6.07, 6.45) is 46.6. The predicted molar refractivity (Wildman–Crippen MR) is 244 cm³/mol. The summed E-state index contributed by atoms with van der Waals surface area (Å²) in [6, 6.07) is 0. The first-order valence-corrected chi connectivity index (χ1v) is 24.2. The number of ether oxygens (including phenoxy) is 2. The van der Waals surface area contributed by atoms with Crippen LogP contribution in [0.25, 0.3) is 0 Å². The number of rotatable bonds is 40. The molecule has 0 amide bonds. The quantitative estimate of drug-likeness (QED) is 0.0203. The van der Waals surface area contributed by atoms with E-state index in [-0.39, 0.29) is 32.2 Å². The largest absolute Gasteiger partial charge is 0.472 e. The molecule has 10 nitrogen and oxygen atoms in total. The fourth-order valence-corrected chi connectivity index (χ4v) is 6.38. The molecule has 0 aliphatic heterocycles. The summed E-state index contributed by atoms with van der Waals surface area (Å²) >= 11 is 0. The average molecular weight is 851 g/mol. The Hall–Kier alpha value is -2.59.